The van der Waals surface area contributed by atoms with Crippen LogP contribution >= 0.6 is 0 Å². The van der Waals surface area contributed by atoms with E-state index in [1.165, 1.54) is 4.90 Å². The van der Waals surface area contributed by atoms with Crippen LogP contribution in [0.25, 0.3) is 17.4 Å². The summed E-state index contributed by atoms with van der Waals surface area (Å²) < 4.78 is 40.3. The molecule has 3 N–H and O–H groups in total. The molecule has 2 aromatic heterocycles. The number of aromatic nitrogens is 1. The van der Waals surface area contributed by atoms with Crippen LogP contribution in [-0.4, -0.2) is 70.6 Å². The zero-order valence-electron chi connectivity index (χ0n) is 18.2. The van der Waals surface area contributed by atoms with Crippen LogP contribution in [-0.2, 0) is 0 Å². The van der Waals surface area contributed by atoms with Gasteiger partial charge in [0.1, 0.15) is 5.84 Å². The third-order valence-corrected chi connectivity index (χ3v) is 6.42. The molecule has 0 aliphatic carbocycles. The van der Waals surface area contributed by atoms with Crippen LogP contribution in [0.15, 0.2) is 35.5 Å². The van der Waals surface area contributed by atoms with Crippen molar-refractivity contribution in [1.29, 1.82) is 0 Å². The Bertz CT molecular complexity index is 1190. The van der Waals surface area contributed by atoms with E-state index in [0.717, 1.165) is 39.0 Å². The molecule has 2 aromatic rings. The summed E-state index contributed by atoms with van der Waals surface area (Å²) in [4.78, 5) is 7.97. The van der Waals surface area contributed by atoms with E-state index in [-0.39, 0.29) is 6.04 Å². The Labute approximate surface area is 184 Å². The first-order valence-electron chi connectivity index (χ1n) is 10.7. The Hall–Kier alpha value is -2.78. The summed E-state index contributed by atoms with van der Waals surface area (Å²) >= 11 is 0. The maximum atomic E-state index is 12.7. The highest BCUT2D eigenvalue weighted by atomic mass is 19.4. The highest BCUT2D eigenvalue weighted by Crippen LogP contribution is 2.25. The fourth-order valence-electron chi connectivity index (χ4n) is 4.68. The molecule has 1 fully saturated rings. The molecule has 172 valence electrons. The maximum Gasteiger partial charge on any atom is 0.401 e. The van der Waals surface area contributed by atoms with Gasteiger partial charge in [-0.1, -0.05) is 6.08 Å². The van der Waals surface area contributed by atoms with Crippen LogP contribution in [0.3, 0.4) is 0 Å². The molecule has 0 aromatic carbocycles. The van der Waals surface area contributed by atoms with Crippen LogP contribution in [0.5, 0.6) is 0 Å². The molecular weight excluding hydrogens is 419 g/mol. The summed E-state index contributed by atoms with van der Waals surface area (Å²) in [5.41, 5.74) is 9.70. The van der Waals surface area contributed by atoms with Gasteiger partial charge in [-0.3, -0.25) is 14.8 Å². The molecule has 32 heavy (non-hydrogen) atoms. The van der Waals surface area contributed by atoms with Crippen LogP contribution < -0.4 is 16.2 Å². The average molecular weight is 448 g/mol. The number of rotatable bonds is 3. The van der Waals surface area contributed by atoms with Gasteiger partial charge >= 0.3 is 6.18 Å². The number of aliphatic hydroxyl groups is 1. The largest absolute Gasteiger partial charge is 0.515 e. The Morgan fingerprint density at radius 3 is 2.53 bits per heavy atom. The van der Waals surface area contributed by atoms with Gasteiger partial charge < -0.3 is 15.2 Å². The third-order valence-electron chi connectivity index (χ3n) is 6.42. The molecular formula is C23H28F3N5O. The number of dihydropyridines is 1. The molecule has 2 aliphatic rings. The fourth-order valence-corrected chi connectivity index (χ4v) is 4.68. The number of aliphatic hydroxyl groups excluding tert-OH is 1. The highest BCUT2D eigenvalue weighted by molar-refractivity contribution is 5.95. The second-order valence-corrected chi connectivity index (χ2v) is 8.43. The molecule has 0 spiro atoms. The van der Waals surface area contributed by atoms with Crippen molar-refractivity contribution in [3.05, 3.63) is 52.2 Å². The van der Waals surface area contributed by atoms with E-state index in [0.29, 0.717) is 38.6 Å². The summed E-state index contributed by atoms with van der Waals surface area (Å²) in [6.45, 7) is 5.49. The lowest BCUT2D eigenvalue weighted by Gasteiger charge is -2.39. The lowest BCUT2D eigenvalue weighted by Crippen LogP contribution is -2.50. The standard InChI is InChI=1S/C23H28F3N5O/c1-15-18(13-32)11-20-19(17-3-4-21(27)28-12-17)5-6-31(20)22(15)16(2)30-9-7-29(8-10-30)14-23(24,25)26/h3-6,11,13,16,32H,7-10,12,14H2,1-2H3,(H2,27,28). The molecule has 4 rings (SSSR count). The van der Waals surface area contributed by atoms with E-state index < -0.39 is 12.7 Å². The van der Waals surface area contributed by atoms with Crippen molar-refractivity contribution in [1.82, 2.24) is 14.2 Å². The van der Waals surface area contributed by atoms with Gasteiger partial charge in [0.05, 0.1) is 24.9 Å². The van der Waals surface area contributed by atoms with E-state index in [1.807, 2.05) is 31.3 Å². The monoisotopic (exact) mass is 447 g/mol. The summed E-state index contributed by atoms with van der Waals surface area (Å²) in [7, 11) is 0. The number of aliphatic imine (C=N–C) groups is 1. The number of amidine groups is 1. The van der Waals surface area contributed by atoms with E-state index in [9.17, 15) is 18.3 Å². The van der Waals surface area contributed by atoms with Crippen molar-refractivity contribution < 1.29 is 18.3 Å². The molecule has 0 radical (unpaired) electrons. The maximum absolute atomic E-state index is 12.7. The van der Waals surface area contributed by atoms with Gasteiger partial charge in [-0.15, -0.1) is 0 Å². The lowest BCUT2D eigenvalue weighted by molar-refractivity contribution is -0.149. The molecule has 1 unspecified atom stereocenters. The van der Waals surface area contributed by atoms with Crippen molar-refractivity contribution in [2.24, 2.45) is 10.7 Å². The summed E-state index contributed by atoms with van der Waals surface area (Å²) in [5, 5.41) is 11.6. The Balaban J connectivity index is 1.71. The third kappa shape index (κ3) is 4.40. The molecule has 0 saturated carbocycles. The van der Waals surface area contributed by atoms with Gasteiger partial charge in [-0.25, -0.2) is 0 Å². The summed E-state index contributed by atoms with van der Waals surface area (Å²) in [5.74, 6) is 0.497. The molecule has 1 saturated heterocycles. The first kappa shape index (κ1) is 22.4. The predicted octanol–water partition coefficient (Wildman–Crippen LogP) is 1.86. The number of nitrogens with zero attached hydrogens (tertiary/aromatic N) is 4. The smallest absolute Gasteiger partial charge is 0.401 e. The van der Waals surface area contributed by atoms with E-state index in [4.69, 9.17) is 5.73 Å². The minimum absolute atomic E-state index is 0.0359. The Morgan fingerprint density at radius 1 is 1.22 bits per heavy atom. The number of fused-ring (bicyclic) bond motifs is 1. The molecule has 0 bridgehead atoms. The van der Waals surface area contributed by atoms with E-state index in [1.54, 1.807) is 6.08 Å². The molecule has 6 nitrogen and oxygen atoms in total. The van der Waals surface area contributed by atoms with E-state index in [2.05, 4.69) is 21.2 Å². The lowest BCUT2D eigenvalue weighted by atomic mass is 10.0. The minimum Gasteiger partial charge on any atom is -0.515 e. The minimum atomic E-state index is -4.18. The van der Waals surface area contributed by atoms with Gasteiger partial charge in [0.15, 0.2) is 0 Å². The number of piperazine rings is 1. The number of nitrogens with two attached hydrogens (primary N) is 1. The Kier molecular flexibility index (Phi) is 6.05. The van der Waals surface area contributed by atoms with Gasteiger partial charge in [-0.2, -0.15) is 13.2 Å². The first-order valence-corrected chi connectivity index (χ1v) is 10.7. The van der Waals surface area contributed by atoms with Crippen molar-refractivity contribution in [2.45, 2.75) is 26.1 Å². The zero-order valence-corrected chi connectivity index (χ0v) is 18.2. The van der Waals surface area contributed by atoms with Crippen LogP contribution in [0.1, 0.15) is 24.2 Å². The Morgan fingerprint density at radius 2 is 1.94 bits per heavy atom. The second-order valence-electron chi connectivity index (χ2n) is 8.43. The summed E-state index contributed by atoms with van der Waals surface area (Å²) in [6, 6.07) is 3.95. The van der Waals surface area contributed by atoms with Gasteiger partial charge in [0, 0.05) is 54.5 Å². The van der Waals surface area contributed by atoms with Crippen molar-refractivity contribution in [3.8, 4) is 0 Å². The first-order chi connectivity index (χ1) is 15.2. The van der Waals surface area contributed by atoms with Crippen LogP contribution in [0, 0.1) is 6.92 Å². The second kappa shape index (κ2) is 8.63. The van der Waals surface area contributed by atoms with E-state index >= 15 is 0 Å². The van der Waals surface area contributed by atoms with Gasteiger partial charge in [0.2, 0.25) is 0 Å². The van der Waals surface area contributed by atoms with Crippen LogP contribution in [0.2, 0.25) is 0 Å². The normalized spacial score (nSPS) is 21.9. The van der Waals surface area contributed by atoms with Gasteiger partial charge in [0.25, 0.3) is 0 Å². The van der Waals surface area contributed by atoms with Crippen molar-refractivity contribution >= 4 is 23.2 Å². The number of halogens is 3. The predicted molar refractivity (Wildman–Crippen MR) is 120 cm³/mol. The fraction of sp³-hybridized carbons (Fsp3) is 0.435. The quantitative estimate of drug-likeness (QED) is 0.754. The molecule has 9 heteroatoms. The number of hydrogen-bond acceptors (Lipinski definition) is 5. The molecule has 2 aliphatic heterocycles. The molecule has 4 heterocycles. The SMILES string of the molecule is Cc1c(C(C)N2CCN(CC(F)(F)F)CC2)n2ccc(=C3C=CC(N)=NC3)c2cc1=CO. The van der Waals surface area contributed by atoms with Gasteiger partial charge in [-0.05, 0) is 43.2 Å². The zero-order chi connectivity index (χ0) is 23.0. The van der Waals surface area contributed by atoms with Crippen molar-refractivity contribution in [2.75, 3.05) is 39.3 Å². The number of alkyl halides is 3. The number of hydrogen-bond donors (Lipinski definition) is 2. The number of pyridine rings is 1. The molecule has 0 amide bonds. The van der Waals surface area contributed by atoms with Crippen LogP contribution in [0.4, 0.5) is 13.2 Å². The molecule has 1 atom stereocenters. The summed E-state index contributed by atoms with van der Waals surface area (Å²) in [6.07, 6.45) is 2.68. The average Bonchev–Trinajstić information content (AvgIpc) is 3.16. The van der Waals surface area contributed by atoms with Crippen molar-refractivity contribution in [3.63, 3.8) is 0 Å². The highest BCUT2D eigenvalue weighted by Gasteiger charge is 2.33. The topological polar surface area (TPSA) is 69.5 Å².